The monoisotopic (exact) mass is 397 g/mol. The fourth-order valence-corrected chi connectivity index (χ4v) is 3.49. The van der Waals surface area contributed by atoms with Crippen LogP contribution in [0.5, 0.6) is 0 Å². The average Bonchev–Trinajstić information content (AvgIpc) is 2.72. The molecule has 0 saturated heterocycles. The van der Waals surface area contributed by atoms with Crippen LogP contribution in [-0.2, 0) is 4.79 Å². The molecule has 1 amide bonds. The quantitative estimate of drug-likeness (QED) is 0.382. The van der Waals surface area contributed by atoms with Gasteiger partial charge in [-0.05, 0) is 36.2 Å². The van der Waals surface area contributed by atoms with Gasteiger partial charge in [0.1, 0.15) is 5.82 Å². The van der Waals surface area contributed by atoms with Gasteiger partial charge in [0.15, 0.2) is 5.96 Å². The number of hydrogen-bond acceptors (Lipinski definition) is 3. The zero-order chi connectivity index (χ0) is 20.6. The Bertz CT molecular complexity index is 870. The molecule has 0 aromatic heterocycles. The molecule has 1 aliphatic heterocycles. The summed E-state index contributed by atoms with van der Waals surface area (Å²) < 4.78 is 13.3. The smallest absolute Gasteiger partial charge is 0.225 e. The van der Waals surface area contributed by atoms with Gasteiger partial charge in [0.05, 0.1) is 0 Å². The van der Waals surface area contributed by atoms with Crippen LogP contribution in [0.25, 0.3) is 0 Å². The van der Waals surface area contributed by atoms with Crippen molar-refractivity contribution in [1.29, 1.82) is 0 Å². The minimum atomic E-state index is -0.227. The molecule has 1 unspecified atom stereocenters. The van der Waals surface area contributed by atoms with Crippen LogP contribution in [-0.4, -0.2) is 45.6 Å². The van der Waals surface area contributed by atoms with Crippen LogP contribution < -0.4 is 20.9 Å². The van der Waals surface area contributed by atoms with Crippen LogP contribution in [0.1, 0.15) is 24.3 Å². The molecule has 1 heterocycles. The summed E-state index contributed by atoms with van der Waals surface area (Å²) in [6.45, 7) is 2.16. The van der Waals surface area contributed by atoms with Crippen LogP contribution in [0.15, 0.2) is 53.5 Å². The van der Waals surface area contributed by atoms with E-state index in [1.54, 1.807) is 13.1 Å². The molecule has 2 aromatic rings. The molecule has 0 fully saturated rings. The predicted octanol–water partition coefficient (Wildman–Crippen LogP) is 2.94. The molecule has 7 heteroatoms. The SMILES string of the molecule is CN=C(NCCCN(C)c1cccc(F)c1)NCC1CC(=O)Nc2ccccc21. The number of fused-ring (bicyclic) bond motifs is 1. The van der Waals surface area contributed by atoms with E-state index in [4.69, 9.17) is 0 Å². The van der Waals surface area contributed by atoms with Crippen LogP contribution in [0.3, 0.4) is 0 Å². The van der Waals surface area contributed by atoms with Crippen molar-refractivity contribution in [1.82, 2.24) is 10.6 Å². The largest absolute Gasteiger partial charge is 0.374 e. The molecule has 1 atom stereocenters. The Morgan fingerprint density at radius 3 is 2.86 bits per heavy atom. The van der Waals surface area contributed by atoms with E-state index in [1.165, 1.54) is 12.1 Å². The first-order chi connectivity index (χ1) is 14.1. The van der Waals surface area contributed by atoms with Crippen molar-refractivity contribution in [3.63, 3.8) is 0 Å². The second-order valence-electron chi connectivity index (χ2n) is 7.17. The summed E-state index contributed by atoms with van der Waals surface area (Å²) in [5.74, 6) is 0.633. The molecule has 3 N–H and O–H groups in total. The molecule has 29 heavy (non-hydrogen) atoms. The van der Waals surface area contributed by atoms with Crippen molar-refractivity contribution in [3.8, 4) is 0 Å². The summed E-state index contributed by atoms with van der Waals surface area (Å²) in [6.07, 6.45) is 1.34. The Balaban J connectivity index is 1.44. The number of anilines is 2. The molecule has 0 aliphatic carbocycles. The molecule has 6 nitrogen and oxygen atoms in total. The van der Waals surface area contributed by atoms with Crippen molar-refractivity contribution in [2.24, 2.45) is 4.99 Å². The molecule has 0 bridgehead atoms. The molecule has 0 spiro atoms. The van der Waals surface area contributed by atoms with Crippen molar-refractivity contribution in [3.05, 3.63) is 59.9 Å². The molecule has 3 rings (SSSR count). The molecule has 2 aromatic carbocycles. The fourth-order valence-electron chi connectivity index (χ4n) is 3.49. The highest BCUT2D eigenvalue weighted by atomic mass is 19.1. The highest BCUT2D eigenvalue weighted by Crippen LogP contribution is 2.31. The standard InChI is InChI=1S/C22H28FN5O/c1-24-22(25-11-6-12-28(2)18-8-5-7-17(23)14-18)26-15-16-13-21(29)27-20-10-4-3-9-19(16)20/h3-5,7-10,14,16H,6,11-13,15H2,1-2H3,(H,27,29)(H2,24,25,26). The number of rotatable bonds is 7. The van der Waals surface area contributed by atoms with E-state index < -0.39 is 0 Å². The number of halogens is 1. The third-order valence-electron chi connectivity index (χ3n) is 5.06. The van der Waals surface area contributed by atoms with E-state index in [2.05, 4.69) is 27.0 Å². The fraction of sp³-hybridized carbons (Fsp3) is 0.364. The summed E-state index contributed by atoms with van der Waals surface area (Å²) in [6, 6.07) is 14.5. The normalized spacial score (nSPS) is 16.0. The van der Waals surface area contributed by atoms with Gasteiger partial charge in [-0.1, -0.05) is 24.3 Å². The molecule has 0 radical (unpaired) electrons. The lowest BCUT2D eigenvalue weighted by Crippen LogP contribution is -2.41. The third kappa shape index (κ3) is 5.70. The Hall–Kier alpha value is -3.09. The number of hydrogen-bond donors (Lipinski definition) is 3. The van der Waals surface area contributed by atoms with Gasteiger partial charge >= 0.3 is 0 Å². The maximum Gasteiger partial charge on any atom is 0.225 e. The summed E-state index contributed by atoms with van der Waals surface area (Å²) in [5, 5.41) is 9.54. The predicted molar refractivity (Wildman–Crippen MR) is 116 cm³/mol. The first-order valence-corrected chi connectivity index (χ1v) is 9.87. The summed E-state index contributed by atoms with van der Waals surface area (Å²) >= 11 is 0. The van der Waals surface area contributed by atoms with Crippen LogP contribution in [0, 0.1) is 5.82 Å². The van der Waals surface area contributed by atoms with E-state index >= 15 is 0 Å². The Labute approximate surface area is 171 Å². The first kappa shape index (κ1) is 20.6. The number of para-hydroxylation sites is 1. The Morgan fingerprint density at radius 1 is 1.24 bits per heavy atom. The van der Waals surface area contributed by atoms with E-state index in [1.807, 2.05) is 36.2 Å². The van der Waals surface area contributed by atoms with Crippen LogP contribution >= 0.6 is 0 Å². The molecular weight excluding hydrogens is 369 g/mol. The lowest BCUT2D eigenvalue weighted by Gasteiger charge is -2.26. The Kier molecular flexibility index (Phi) is 7.05. The first-order valence-electron chi connectivity index (χ1n) is 9.87. The number of guanidine groups is 1. The van der Waals surface area contributed by atoms with Crippen molar-refractivity contribution >= 4 is 23.2 Å². The molecular formula is C22H28FN5O. The van der Waals surface area contributed by atoms with E-state index in [9.17, 15) is 9.18 Å². The van der Waals surface area contributed by atoms with Gasteiger partial charge in [-0.25, -0.2) is 4.39 Å². The molecule has 154 valence electrons. The van der Waals surface area contributed by atoms with Gasteiger partial charge in [-0.3, -0.25) is 9.79 Å². The maximum absolute atomic E-state index is 13.3. The number of carbonyl (C=O) groups excluding carboxylic acids is 1. The average molecular weight is 397 g/mol. The second-order valence-corrected chi connectivity index (χ2v) is 7.17. The number of aliphatic imine (C=N–C) groups is 1. The number of benzene rings is 2. The zero-order valence-electron chi connectivity index (χ0n) is 16.9. The van der Waals surface area contributed by atoms with Gasteiger partial charge in [0.2, 0.25) is 5.91 Å². The second kappa shape index (κ2) is 9.91. The van der Waals surface area contributed by atoms with E-state index in [0.717, 1.165) is 36.4 Å². The minimum absolute atomic E-state index is 0.0406. The van der Waals surface area contributed by atoms with Gasteiger partial charge in [-0.2, -0.15) is 0 Å². The number of nitrogens with zero attached hydrogens (tertiary/aromatic N) is 2. The van der Waals surface area contributed by atoms with Crippen LogP contribution in [0.2, 0.25) is 0 Å². The lowest BCUT2D eigenvalue weighted by atomic mass is 9.90. The number of amides is 1. The van der Waals surface area contributed by atoms with Gasteiger partial charge < -0.3 is 20.9 Å². The summed E-state index contributed by atoms with van der Waals surface area (Å²) in [5.41, 5.74) is 2.90. The topological polar surface area (TPSA) is 68.8 Å². The highest BCUT2D eigenvalue weighted by Gasteiger charge is 2.24. The molecule has 1 aliphatic rings. The lowest BCUT2D eigenvalue weighted by molar-refractivity contribution is -0.116. The van der Waals surface area contributed by atoms with Crippen molar-refractivity contribution in [2.75, 3.05) is 43.9 Å². The van der Waals surface area contributed by atoms with Gasteiger partial charge in [-0.15, -0.1) is 0 Å². The maximum atomic E-state index is 13.3. The third-order valence-corrected chi connectivity index (χ3v) is 5.06. The van der Waals surface area contributed by atoms with Crippen LogP contribution in [0.4, 0.5) is 15.8 Å². The van der Waals surface area contributed by atoms with E-state index in [-0.39, 0.29) is 17.6 Å². The minimum Gasteiger partial charge on any atom is -0.374 e. The van der Waals surface area contributed by atoms with E-state index in [0.29, 0.717) is 18.9 Å². The zero-order valence-corrected chi connectivity index (χ0v) is 16.9. The summed E-state index contributed by atoms with van der Waals surface area (Å²) in [7, 11) is 3.68. The van der Waals surface area contributed by atoms with Crippen molar-refractivity contribution < 1.29 is 9.18 Å². The molecule has 0 saturated carbocycles. The van der Waals surface area contributed by atoms with Crippen molar-refractivity contribution in [2.45, 2.75) is 18.8 Å². The number of carbonyl (C=O) groups is 1. The van der Waals surface area contributed by atoms with Gasteiger partial charge in [0.25, 0.3) is 0 Å². The summed E-state index contributed by atoms with van der Waals surface area (Å²) in [4.78, 5) is 18.2. The Morgan fingerprint density at radius 2 is 2.07 bits per heavy atom. The highest BCUT2D eigenvalue weighted by molar-refractivity contribution is 5.94. The number of nitrogens with one attached hydrogen (secondary N) is 3. The van der Waals surface area contributed by atoms with Gasteiger partial charge in [0, 0.05) is 57.4 Å².